The zero-order chi connectivity index (χ0) is 5.98. The molecule has 0 amide bonds. The summed E-state index contributed by atoms with van der Waals surface area (Å²) in [6, 6.07) is 0. The van der Waals surface area contributed by atoms with Crippen LogP contribution in [-0.2, 0) is 0 Å². The van der Waals surface area contributed by atoms with Gasteiger partial charge < -0.3 is 4.98 Å². The molecule has 42 valence electrons. The van der Waals surface area contributed by atoms with E-state index in [0.29, 0.717) is 0 Å². The number of rotatable bonds is 1. The van der Waals surface area contributed by atoms with E-state index in [-0.39, 0.29) is 4.87 Å². The zero-order valence-corrected chi connectivity index (χ0v) is 4.99. The van der Waals surface area contributed by atoms with Crippen LogP contribution in [0, 0.1) is 0 Å². The summed E-state index contributed by atoms with van der Waals surface area (Å²) in [5.74, 6) is 0. The Labute approximate surface area is 50.5 Å². The Morgan fingerprint density at radius 3 is 2.88 bits per heavy atom. The quantitative estimate of drug-likeness (QED) is 0.601. The minimum atomic E-state index is -0.0279. The van der Waals surface area contributed by atoms with Crippen LogP contribution < -0.4 is 4.87 Å². The second-order valence-corrected chi connectivity index (χ2v) is 2.33. The normalized spacial score (nSPS) is 9.00. The largest absolute Gasteiger partial charge is 0.319 e. The van der Waals surface area contributed by atoms with Crippen molar-refractivity contribution in [3.8, 4) is 0 Å². The van der Waals surface area contributed by atoms with E-state index in [1.165, 1.54) is 0 Å². The third-order valence-electron chi connectivity index (χ3n) is 0.744. The zero-order valence-electron chi connectivity index (χ0n) is 4.18. The fourth-order valence-corrected chi connectivity index (χ4v) is 0.930. The molecule has 0 aliphatic heterocycles. The molecular weight excluding hydrogens is 122 g/mol. The van der Waals surface area contributed by atoms with Gasteiger partial charge in [-0.15, -0.1) is 0 Å². The fourth-order valence-electron chi connectivity index (χ4n) is 0.397. The lowest BCUT2D eigenvalue weighted by Gasteiger charge is -1.68. The Bertz CT molecular complexity index is 235. The van der Waals surface area contributed by atoms with Gasteiger partial charge in [-0.3, -0.25) is 4.79 Å². The fraction of sp³-hybridized carbons (Fsp3) is 0. The van der Waals surface area contributed by atoms with Crippen molar-refractivity contribution in [2.45, 2.75) is 0 Å². The minimum absolute atomic E-state index is 0.0279. The van der Waals surface area contributed by atoms with Crippen molar-refractivity contribution >= 4 is 17.4 Å². The standard InChI is InChI=1S/C5H5NOS/c1-2-4-3-6-5(7)8-4/h2-3H,1H2,(H,6,7). The molecule has 1 heterocycles. The number of aromatic amines is 1. The van der Waals surface area contributed by atoms with Crippen molar-refractivity contribution in [2.24, 2.45) is 0 Å². The van der Waals surface area contributed by atoms with Crippen molar-refractivity contribution < 1.29 is 0 Å². The molecule has 1 aromatic heterocycles. The van der Waals surface area contributed by atoms with Gasteiger partial charge in [-0.1, -0.05) is 24.0 Å². The Morgan fingerprint density at radius 2 is 2.62 bits per heavy atom. The van der Waals surface area contributed by atoms with E-state index in [1.54, 1.807) is 12.3 Å². The minimum Gasteiger partial charge on any atom is -0.319 e. The molecule has 1 rings (SSSR count). The maximum absolute atomic E-state index is 10.4. The first-order valence-electron chi connectivity index (χ1n) is 2.14. The van der Waals surface area contributed by atoms with E-state index in [0.717, 1.165) is 16.2 Å². The second-order valence-electron chi connectivity index (χ2n) is 1.28. The lowest BCUT2D eigenvalue weighted by Crippen LogP contribution is -1.88. The molecule has 0 radical (unpaired) electrons. The summed E-state index contributed by atoms with van der Waals surface area (Å²) < 4.78 is 0. The number of hydrogen-bond donors (Lipinski definition) is 1. The van der Waals surface area contributed by atoms with E-state index in [9.17, 15) is 4.79 Å². The summed E-state index contributed by atoms with van der Waals surface area (Å²) in [6.07, 6.45) is 3.28. The summed E-state index contributed by atoms with van der Waals surface area (Å²) in [5, 5.41) is 0. The third-order valence-corrected chi connectivity index (χ3v) is 1.57. The van der Waals surface area contributed by atoms with Crippen LogP contribution in [0.15, 0.2) is 17.6 Å². The molecule has 3 heteroatoms. The van der Waals surface area contributed by atoms with E-state index in [4.69, 9.17) is 0 Å². The Balaban J connectivity index is 3.18. The lowest BCUT2D eigenvalue weighted by molar-refractivity contribution is 1.34. The highest BCUT2D eigenvalue weighted by Gasteiger charge is 1.86. The molecule has 0 fully saturated rings. The van der Waals surface area contributed by atoms with Gasteiger partial charge in [0.15, 0.2) is 0 Å². The van der Waals surface area contributed by atoms with Gasteiger partial charge in [0, 0.05) is 11.1 Å². The van der Waals surface area contributed by atoms with Crippen molar-refractivity contribution in [2.75, 3.05) is 0 Å². The summed E-state index contributed by atoms with van der Waals surface area (Å²) in [5.41, 5.74) is 0. The highest BCUT2D eigenvalue weighted by molar-refractivity contribution is 7.10. The molecule has 0 saturated carbocycles. The van der Waals surface area contributed by atoms with Crippen molar-refractivity contribution in [1.29, 1.82) is 0 Å². The van der Waals surface area contributed by atoms with Crippen LogP contribution in [0.25, 0.3) is 6.08 Å². The number of hydrogen-bond acceptors (Lipinski definition) is 2. The first kappa shape index (κ1) is 5.31. The first-order valence-corrected chi connectivity index (χ1v) is 2.95. The summed E-state index contributed by atoms with van der Waals surface area (Å²) in [7, 11) is 0. The number of aromatic nitrogens is 1. The molecule has 0 atom stereocenters. The molecule has 0 aliphatic rings. The number of nitrogens with one attached hydrogen (secondary N) is 1. The van der Waals surface area contributed by atoms with Crippen LogP contribution in [0.2, 0.25) is 0 Å². The summed E-state index contributed by atoms with van der Waals surface area (Å²) in [4.78, 5) is 13.7. The monoisotopic (exact) mass is 127 g/mol. The van der Waals surface area contributed by atoms with Gasteiger partial charge in [0.25, 0.3) is 0 Å². The van der Waals surface area contributed by atoms with Gasteiger partial charge in [0.2, 0.25) is 0 Å². The van der Waals surface area contributed by atoms with E-state index >= 15 is 0 Å². The highest BCUT2D eigenvalue weighted by atomic mass is 32.1. The van der Waals surface area contributed by atoms with Crippen LogP contribution >= 0.6 is 11.3 Å². The van der Waals surface area contributed by atoms with Gasteiger partial charge >= 0.3 is 4.87 Å². The molecule has 0 bridgehead atoms. The van der Waals surface area contributed by atoms with Gasteiger partial charge in [-0.05, 0) is 0 Å². The topological polar surface area (TPSA) is 32.9 Å². The Kier molecular flexibility index (Phi) is 1.30. The third kappa shape index (κ3) is 0.869. The smallest absolute Gasteiger partial charge is 0.305 e. The van der Waals surface area contributed by atoms with Crippen LogP contribution in [0.4, 0.5) is 0 Å². The second kappa shape index (κ2) is 1.96. The van der Waals surface area contributed by atoms with E-state index in [1.807, 2.05) is 0 Å². The molecule has 0 saturated heterocycles. The molecule has 2 nitrogen and oxygen atoms in total. The number of H-pyrrole nitrogens is 1. The number of thiazole rings is 1. The van der Waals surface area contributed by atoms with Gasteiger partial charge in [0.1, 0.15) is 0 Å². The van der Waals surface area contributed by atoms with Crippen LogP contribution in [0.3, 0.4) is 0 Å². The van der Waals surface area contributed by atoms with E-state index < -0.39 is 0 Å². The molecule has 0 spiro atoms. The Hall–Kier alpha value is -0.830. The van der Waals surface area contributed by atoms with Crippen LogP contribution in [-0.4, -0.2) is 4.98 Å². The highest BCUT2D eigenvalue weighted by Crippen LogP contribution is 1.99. The molecule has 0 unspecified atom stereocenters. The molecule has 1 N–H and O–H groups in total. The predicted molar refractivity (Wildman–Crippen MR) is 35.0 cm³/mol. The van der Waals surface area contributed by atoms with Crippen LogP contribution in [0.1, 0.15) is 4.88 Å². The maximum Gasteiger partial charge on any atom is 0.305 e. The molecule has 0 aliphatic carbocycles. The van der Waals surface area contributed by atoms with Crippen molar-refractivity contribution in [1.82, 2.24) is 4.98 Å². The molecule has 0 aromatic carbocycles. The average molecular weight is 127 g/mol. The van der Waals surface area contributed by atoms with E-state index in [2.05, 4.69) is 11.6 Å². The molecular formula is C5H5NOS. The van der Waals surface area contributed by atoms with Crippen LogP contribution in [0.5, 0.6) is 0 Å². The van der Waals surface area contributed by atoms with Gasteiger partial charge in [0.05, 0.1) is 0 Å². The maximum atomic E-state index is 10.4. The van der Waals surface area contributed by atoms with Crippen molar-refractivity contribution in [3.05, 3.63) is 27.3 Å². The first-order chi connectivity index (χ1) is 3.83. The predicted octanol–water partition coefficient (Wildman–Crippen LogP) is 1.08. The van der Waals surface area contributed by atoms with Gasteiger partial charge in [-0.2, -0.15) is 0 Å². The summed E-state index contributed by atoms with van der Waals surface area (Å²) in [6.45, 7) is 3.50. The molecule has 1 aromatic rings. The van der Waals surface area contributed by atoms with Gasteiger partial charge in [-0.25, -0.2) is 0 Å². The molecule has 8 heavy (non-hydrogen) atoms. The lowest BCUT2D eigenvalue weighted by atomic mass is 10.6. The Morgan fingerprint density at radius 1 is 1.88 bits per heavy atom. The van der Waals surface area contributed by atoms with Crippen molar-refractivity contribution in [3.63, 3.8) is 0 Å². The average Bonchev–Trinajstić information content (AvgIpc) is 2.14. The SMILES string of the molecule is C=Cc1c[nH]c(=O)s1. The summed E-state index contributed by atoms with van der Waals surface area (Å²) >= 11 is 1.16.